The van der Waals surface area contributed by atoms with Crippen molar-refractivity contribution in [1.29, 1.82) is 0 Å². The van der Waals surface area contributed by atoms with E-state index < -0.39 is 5.41 Å². The molecule has 1 aromatic heterocycles. The van der Waals surface area contributed by atoms with Crippen molar-refractivity contribution < 1.29 is 9.59 Å². The number of carbonyl (C=O) groups is 2. The Hall–Kier alpha value is -1.94. The maximum Gasteiger partial charge on any atom is 0.229 e. The Morgan fingerprint density at radius 3 is 2.59 bits per heavy atom. The summed E-state index contributed by atoms with van der Waals surface area (Å²) in [6, 6.07) is 7.63. The van der Waals surface area contributed by atoms with Crippen LogP contribution in [-0.4, -0.2) is 11.7 Å². The third-order valence-electron chi connectivity index (χ3n) is 3.91. The first-order chi connectivity index (χ1) is 10.4. The zero-order valence-electron chi connectivity index (χ0n) is 13.0. The Kier molecular flexibility index (Phi) is 3.65. The molecule has 1 aromatic carbocycles. The van der Waals surface area contributed by atoms with Crippen molar-refractivity contribution in [2.45, 2.75) is 33.6 Å². The van der Waals surface area contributed by atoms with E-state index in [2.05, 4.69) is 5.32 Å². The third-order valence-corrected chi connectivity index (χ3v) is 4.86. The second-order valence-electron chi connectivity index (χ2n) is 6.68. The zero-order valence-corrected chi connectivity index (χ0v) is 13.8. The van der Waals surface area contributed by atoms with Crippen molar-refractivity contribution in [1.82, 2.24) is 0 Å². The molecule has 2 aromatic rings. The van der Waals surface area contributed by atoms with Gasteiger partial charge in [-0.05, 0) is 53.6 Å². The number of rotatable bonds is 1. The quantitative estimate of drug-likeness (QED) is 0.863. The summed E-state index contributed by atoms with van der Waals surface area (Å²) in [6.45, 7) is 5.65. The average molecular weight is 313 g/mol. The van der Waals surface area contributed by atoms with Crippen LogP contribution in [0.25, 0.3) is 0 Å². The maximum absolute atomic E-state index is 12.6. The van der Waals surface area contributed by atoms with E-state index in [1.807, 2.05) is 50.4 Å². The molecule has 0 unspecified atom stereocenters. The number of hydrogen-bond donors (Lipinski definition) is 1. The molecule has 1 heterocycles. The number of hydrogen-bond acceptors (Lipinski definition) is 3. The summed E-state index contributed by atoms with van der Waals surface area (Å²) >= 11 is 1.51. The molecule has 1 N–H and O–H groups in total. The molecule has 0 bridgehead atoms. The summed E-state index contributed by atoms with van der Waals surface area (Å²) in [5.74, 6) is 0.0812. The minimum atomic E-state index is -0.438. The Morgan fingerprint density at radius 1 is 1.14 bits per heavy atom. The lowest BCUT2D eigenvalue weighted by Gasteiger charge is -2.18. The third kappa shape index (κ3) is 2.71. The summed E-state index contributed by atoms with van der Waals surface area (Å²) < 4.78 is 0. The van der Waals surface area contributed by atoms with Crippen molar-refractivity contribution in [2.24, 2.45) is 5.41 Å². The molecule has 4 heteroatoms. The molecule has 0 aliphatic heterocycles. The van der Waals surface area contributed by atoms with E-state index in [9.17, 15) is 9.59 Å². The second kappa shape index (κ2) is 5.36. The fourth-order valence-corrected chi connectivity index (χ4v) is 3.45. The number of aryl methyl sites for hydroxylation is 2. The summed E-state index contributed by atoms with van der Waals surface area (Å²) in [6.07, 6.45) is 1.69. The van der Waals surface area contributed by atoms with E-state index in [1.165, 1.54) is 11.3 Å². The Balaban J connectivity index is 1.92. The van der Waals surface area contributed by atoms with Crippen molar-refractivity contribution in [3.8, 4) is 0 Å². The largest absolute Gasteiger partial charge is 0.326 e. The molecule has 3 nitrogen and oxygen atoms in total. The van der Waals surface area contributed by atoms with Gasteiger partial charge in [-0.25, -0.2) is 0 Å². The Morgan fingerprint density at radius 2 is 1.86 bits per heavy atom. The zero-order chi connectivity index (χ0) is 15.9. The topological polar surface area (TPSA) is 46.2 Å². The van der Waals surface area contributed by atoms with Gasteiger partial charge in [0, 0.05) is 16.7 Å². The molecule has 0 fully saturated rings. The van der Waals surface area contributed by atoms with Crippen LogP contribution in [0.5, 0.6) is 0 Å². The lowest BCUT2D eigenvalue weighted by Crippen LogP contribution is -2.27. The van der Waals surface area contributed by atoms with Gasteiger partial charge >= 0.3 is 0 Å². The average Bonchev–Trinajstić information content (AvgIpc) is 2.87. The number of carbonyl (C=O) groups excluding carboxylic acids is 2. The number of nitrogens with one attached hydrogen (secondary N) is 1. The van der Waals surface area contributed by atoms with Gasteiger partial charge in [0.25, 0.3) is 0 Å². The van der Waals surface area contributed by atoms with Gasteiger partial charge in [-0.1, -0.05) is 20.8 Å². The highest BCUT2D eigenvalue weighted by Gasteiger charge is 2.24. The van der Waals surface area contributed by atoms with Crippen molar-refractivity contribution in [3.63, 3.8) is 0 Å². The van der Waals surface area contributed by atoms with Crippen LogP contribution in [0.3, 0.4) is 0 Å². The van der Waals surface area contributed by atoms with Crippen LogP contribution in [0.4, 0.5) is 5.69 Å². The molecule has 22 heavy (non-hydrogen) atoms. The molecular formula is C18H19NO2S. The van der Waals surface area contributed by atoms with E-state index in [1.54, 1.807) is 0 Å². The van der Waals surface area contributed by atoms with Gasteiger partial charge in [-0.3, -0.25) is 9.59 Å². The molecule has 1 aliphatic rings. The first-order valence-corrected chi connectivity index (χ1v) is 8.29. The van der Waals surface area contributed by atoms with Gasteiger partial charge in [0.1, 0.15) is 0 Å². The predicted octanol–water partition coefficient (Wildman–Crippen LogP) is 4.06. The molecule has 0 spiro atoms. The summed E-state index contributed by atoms with van der Waals surface area (Å²) in [5, 5.41) is 4.91. The molecule has 1 amide bonds. The highest BCUT2D eigenvalue weighted by molar-refractivity contribution is 7.12. The number of fused-ring (bicyclic) bond motifs is 2. The van der Waals surface area contributed by atoms with Crippen LogP contribution in [0.15, 0.2) is 29.6 Å². The van der Waals surface area contributed by atoms with Crippen LogP contribution in [0, 0.1) is 5.41 Å². The number of amides is 1. The molecule has 0 saturated carbocycles. The fraction of sp³-hybridized carbons (Fsp3) is 0.333. The van der Waals surface area contributed by atoms with Crippen LogP contribution in [-0.2, 0) is 17.6 Å². The van der Waals surface area contributed by atoms with Gasteiger partial charge in [0.15, 0.2) is 0 Å². The second-order valence-corrected chi connectivity index (χ2v) is 7.60. The van der Waals surface area contributed by atoms with Crippen molar-refractivity contribution in [2.75, 3.05) is 5.32 Å². The lowest BCUT2D eigenvalue weighted by atomic mass is 9.95. The smallest absolute Gasteiger partial charge is 0.229 e. The summed E-state index contributed by atoms with van der Waals surface area (Å²) in [4.78, 5) is 25.6. The lowest BCUT2D eigenvalue weighted by molar-refractivity contribution is -0.123. The Labute approximate surface area is 134 Å². The number of anilines is 1. The maximum atomic E-state index is 12.6. The normalized spacial score (nSPS) is 14.0. The first-order valence-electron chi connectivity index (χ1n) is 7.42. The summed E-state index contributed by atoms with van der Waals surface area (Å²) in [7, 11) is 0. The SMILES string of the molecule is CC(C)(C)C(=O)Nc1ccc2c(c1)CCc1ccsc1C2=O. The van der Waals surface area contributed by atoms with Gasteiger partial charge in [-0.2, -0.15) is 0 Å². The van der Waals surface area contributed by atoms with E-state index in [4.69, 9.17) is 0 Å². The molecule has 0 saturated heterocycles. The van der Waals surface area contributed by atoms with Gasteiger partial charge < -0.3 is 5.32 Å². The molecule has 3 rings (SSSR count). The van der Waals surface area contributed by atoms with Crippen LogP contribution < -0.4 is 5.32 Å². The van der Waals surface area contributed by atoms with Crippen molar-refractivity contribution >= 4 is 28.7 Å². The van der Waals surface area contributed by atoms with Crippen molar-refractivity contribution in [3.05, 3.63) is 51.2 Å². The highest BCUT2D eigenvalue weighted by Crippen LogP contribution is 2.30. The molecule has 0 atom stereocenters. The van der Waals surface area contributed by atoms with E-state index in [-0.39, 0.29) is 11.7 Å². The molecule has 114 valence electrons. The van der Waals surface area contributed by atoms with E-state index in [0.717, 1.165) is 40.1 Å². The van der Waals surface area contributed by atoms with Crippen LogP contribution in [0.1, 0.15) is 47.1 Å². The van der Waals surface area contributed by atoms with Crippen LogP contribution >= 0.6 is 11.3 Å². The molecule has 1 aliphatic carbocycles. The van der Waals surface area contributed by atoms with Gasteiger partial charge in [-0.15, -0.1) is 11.3 Å². The number of ketones is 1. The van der Waals surface area contributed by atoms with E-state index >= 15 is 0 Å². The van der Waals surface area contributed by atoms with Gasteiger partial charge in [0.05, 0.1) is 4.88 Å². The number of benzene rings is 1. The first kappa shape index (κ1) is 15.0. The van der Waals surface area contributed by atoms with Crippen LogP contribution in [0.2, 0.25) is 0 Å². The van der Waals surface area contributed by atoms with Gasteiger partial charge in [0.2, 0.25) is 11.7 Å². The summed E-state index contributed by atoms with van der Waals surface area (Å²) in [5.41, 5.74) is 3.23. The molecular weight excluding hydrogens is 294 g/mol. The number of thiophene rings is 1. The standard InChI is InChI=1S/C18H19NO2S/c1-18(2,3)17(21)19-13-6-7-14-12(10-13)5-4-11-8-9-22-16(11)15(14)20/h6-10H,4-5H2,1-3H3,(H,19,21). The fourth-order valence-electron chi connectivity index (χ4n) is 2.54. The monoisotopic (exact) mass is 313 g/mol. The molecule has 0 radical (unpaired) electrons. The predicted molar refractivity (Wildman–Crippen MR) is 89.7 cm³/mol. The highest BCUT2D eigenvalue weighted by atomic mass is 32.1. The minimum Gasteiger partial charge on any atom is -0.326 e. The minimum absolute atomic E-state index is 0.0218. The van der Waals surface area contributed by atoms with E-state index in [0.29, 0.717) is 0 Å². The Bertz CT molecular complexity index is 753.